The van der Waals surface area contributed by atoms with E-state index in [0.717, 1.165) is 12.0 Å². The summed E-state index contributed by atoms with van der Waals surface area (Å²) in [4.78, 5) is 12.8. The Balaban J connectivity index is 1.88. The van der Waals surface area contributed by atoms with Crippen molar-refractivity contribution in [2.24, 2.45) is 0 Å². The van der Waals surface area contributed by atoms with Gasteiger partial charge in [0.1, 0.15) is 17.0 Å². The van der Waals surface area contributed by atoms with Crippen LogP contribution in [0.1, 0.15) is 27.9 Å². The maximum Gasteiger partial charge on any atom is 0.256 e. The molecule has 25 heavy (non-hydrogen) atoms. The molecule has 0 saturated heterocycles. The first-order valence-corrected chi connectivity index (χ1v) is 8.13. The third-order valence-electron chi connectivity index (χ3n) is 4.65. The minimum atomic E-state index is -0.917. The molecular formula is C20H20N2O3. The lowest BCUT2D eigenvalue weighted by molar-refractivity contribution is 0.0910. The Morgan fingerprint density at radius 2 is 1.92 bits per heavy atom. The molecule has 1 amide bonds. The van der Waals surface area contributed by atoms with Crippen molar-refractivity contribution in [3.8, 4) is 17.6 Å². The number of hydrogen-bond donors (Lipinski definition) is 1. The standard InChI is InChI=1S/C20H20N2O3/c1-24-16-7-8-18(25-2)17(11-16)19(23)22-20(13-21)10-9-14-5-3-4-6-15(14)12-20/h3-8,11H,9-10,12H2,1-2H3,(H,22,23). The number of aryl methyl sites for hydroxylation is 1. The van der Waals surface area contributed by atoms with E-state index in [1.54, 1.807) is 25.3 Å². The number of nitriles is 1. The van der Waals surface area contributed by atoms with E-state index in [4.69, 9.17) is 9.47 Å². The summed E-state index contributed by atoms with van der Waals surface area (Å²) in [5.74, 6) is 0.672. The molecule has 1 aliphatic carbocycles. The Morgan fingerprint density at radius 3 is 2.60 bits per heavy atom. The molecule has 2 aromatic carbocycles. The van der Waals surface area contributed by atoms with Gasteiger partial charge in [0.25, 0.3) is 5.91 Å². The zero-order valence-electron chi connectivity index (χ0n) is 14.3. The number of hydrogen-bond acceptors (Lipinski definition) is 4. The minimum Gasteiger partial charge on any atom is -0.497 e. The summed E-state index contributed by atoms with van der Waals surface area (Å²) < 4.78 is 10.5. The summed E-state index contributed by atoms with van der Waals surface area (Å²) >= 11 is 0. The first-order chi connectivity index (χ1) is 12.1. The highest BCUT2D eigenvalue weighted by atomic mass is 16.5. The Labute approximate surface area is 147 Å². The molecule has 1 N–H and O–H groups in total. The van der Waals surface area contributed by atoms with Crippen LogP contribution in [0, 0.1) is 11.3 Å². The second-order valence-corrected chi connectivity index (χ2v) is 6.16. The van der Waals surface area contributed by atoms with Gasteiger partial charge in [-0.1, -0.05) is 24.3 Å². The Kier molecular flexibility index (Phi) is 4.62. The molecule has 1 atom stereocenters. The van der Waals surface area contributed by atoms with Crippen molar-refractivity contribution in [3.63, 3.8) is 0 Å². The van der Waals surface area contributed by atoms with Crippen molar-refractivity contribution in [2.45, 2.75) is 24.8 Å². The maximum absolute atomic E-state index is 12.8. The number of carbonyl (C=O) groups is 1. The van der Waals surface area contributed by atoms with Crippen molar-refractivity contribution < 1.29 is 14.3 Å². The van der Waals surface area contributed by atoms with Crippen LogP contribution in [0.3, 0.4) is 0 Å². The van der Waals surface area contributed by atoms with Crippen LogP contribution in [0.25, 0.3) is 0 Å². The lowest BCUT2D eigenvalue weighted by atomic mass is 9.78. The molecule has 5 nitrogen and oxygen atoms in total. The fourth-order valence-electron chi connectivity index (χ4n) is 3.24. The molecule has 0 bridgehead atoms. The Hall–Kier alpha value is -3.00. The topological polar surface area (TPSA) is 71.3 Å². The van der Waals surface area contributed by atoms with Gasteiger partial charge in [-0.3, -0.25) is 4.79 Å². The predicted octanol–water partition coefficient (Wildman–Crippen LogP) is 2.88. The Bertz CT molecular complexity index is 841. The van der Waals surface area contributed by atoms with Crippen molar-refractivity contribution in [2.75, 3.05) is 14.2 Å². The van der Waals surface area contributed by atoms with Crippen LogP contribution in [-0.4, -0.2) is 25.7 Å². The van der Waals surface area contributed by atoms with Gasteiger partial charge in [-0.15, -0.1) is 0 Å². The predicted molar refractivity (Wildman–Crippen MR) is 93.8 cm³/mol. The average molecular weight is 336 g/mol. The number of nitrogens with one attached hydrogen (secondary N) is 1. The normalized spacial score (nSPS) is 18.6. The molecule has 5 heteroatoms. The SMILES string of the molecule is COc1ccc(OC)c(C(=O)NC2(C#N)CCc3ccccc3C2)c1. The monoisotopic (exact) mass is 336 g/mol. The van der Waals surface area contributed by atoms with E-state index in [-0.39, 0.29) is 5.91 Å². The van der Waals surface area contributed by atoms with E-state index in [1.807, 2.05) is 18.2 Å². The highest BCUT2D eigenvalue weighted by molar-refractivity contribution is 5.98. The van der Waals surface area contributed by atoms with Crippen LogP contribution >= 0.6 is 0 Å². The zero-order chi connectivity index (χ0) is 17.9. The lowest BCUT2D eigenvalue weighted by Gasteiger charge is -2.33. The average Bonchev–Trinajstić information content (AvgIpc) is 2.67. The first kappa shape index (κ1) is 16.8. The molecule has 0 aromatic heterocycles. The number of ether oxygens (including phenoxy) is 2. The number of carbonyl (C=O) groups excluding carboxylic acids is 1. The number of rotatable bonds is 4. The van der Waals surface area contributed by atoms with E-state index in [2.05, 4.69) is 17.5 Å². The molecule has 128 valence electrons. The maximum atomic E-state index is 12.8. The zero-order valence-corrected chi connectivity index (χ0v) is 14.3. The summed E-state index contributed by atoms with van der Waals surface area (Å²) in [5, 5.41) is 12.7. The summed E-state index contributed by atoms with van der Waals surface area (Å²) in [6.45, 7) is 0. The highest BCUT2D eigenvalue weighted by Crippen LogP contribution is 2.30. The summed E-state index contributed by atoms with van der Waals surface area (Å²) in [7, 11) is 3.05. The second-order valence-electron chi connectivity index (χ2n) is 6.16. The molecule has 0 fully saturated rings. The van der Waals surface area contributed by atoms with Crippen molar-refractivity contribution in [1.29, 1.82) is 5.26 Å². The van der Waals surface area contributed by atoms with Gasteiger partial charge < -0.3 is 14.8 Å². The van der Waals surface area contributed by atoms with E-state index in [9.17, 15) is 10.1 Å². The van der Waals surface area contributed by atoms with Crippen molar-refractivity contribution >= 4 is 5.91 Å². The van der Waals surface area contributed by atoms with Gasteiger partial charge >= 0.3 is 0 Å². The van der Waals surface area contributed by atoms with Crippen LogP contribution in [0.5, 0.6) is 11.5 Å². The van der Waals surface area contributed by atoms with Crippen molar-refractivity contribution in [3.05, 3.63) is 59.2 Å². The molecule has 0 spiro atoms. The van der Waals surface area contributed by atoms with Gasteiger partial charge in [0.15, 0.2) is 0 Å². The quantitative estimate of drug-likeness (QED) is 0.932. The molecule has 2 aromatic rings. The fourth-order valence-corrected chi connectivity index (χ4v) is 3.24. The molecule has 0 saturated carbocycles. The van der Waals surface area contributed by atoms with Gasteiger partial charge in [0, 0.05) is 6.42 Å². The number of amides is 1. The number of benzene rings is 2. The van der Waals surface area contributed by atoms with Gasteiger partial charge in [0.05, 0.1) is 25.9 Å². The van der Waals surface area contributed by atoms with Gasteiger partial charge in [0.2, 0.25) is 0 Å². The van der Waals surface area contributed by atoms with Crippen LogP contribution in [0.4, 0.5) is 0 Å². The second kappa shape index (κ2) is 6.86. The van der Waals surface area contributed by atoms with Gasteiger partial charge in [-0.05, 0) is 42.2 Å². The van der Waals surface area contributed by atoms with Crippen LogP contribution < -0.4 is 14.8 Å². The van der Waals surface area contributed by atoms with E-state index < -0.39 is 5.54 Å². The smallest absolute Gasteiger partial charge is 0.256 e. The number of fused-ring (bicyclic) bond motifs is 1. The number of nitrogens with zero attached hydrogens (tertiary/aromatic N) is 1. The third-order valence-corrected chi connectivity index (χ3v) is 4.65. The highest BCUT2D eigenvalue weighted by Gasteiger charge is 2.36. The van der Waals surface area contributed by atoms with Gasteiger partial charge in [-0.2, -0.15) is 5.26 Å². The van der Waals surface area contributed by atoms with Crippen LogP contribution in [-0.2, 0) is 12.8 Å². The molecule has 0 heterocycles. The number of methoxy groups -OCH3 is 2. The lowest BCUT2D eigenvalue weighted by Crippen LogP contribution is -2.51. The molecular weight excluding hydrogens is 316 g/mol. The van der Waals surface area contributed by atoms with Crippen LogP contribution in [0.15, 0.2) is 42.5 Å². The first-order valence-electron chi connectivity index (χ1n) is 8.13. The van der Waals surface area contributed by atoms with E-state index in [0.29, 0.717) is 29.9 Å². The summed E-state index contributed by atoms with van der Waals surface area (Å²) in [6, 6.07) is 15.4. The molecule has 0 radical (unpaired) electrons. The van der Waals surface area contributed by atoms with E-state index in [1.165, 1.54) is 12.7 Å². The third kappa shape index (κ3) is 3.29. The Morgan fingerprint density at radius 1 is 1.16 bits per heavy atom. The molecule has 1 unspecified atom stereocenters. The molecule has 3 rings (SSSR count). The largest absolute Gasteiger partial charge is 0.497 e. The van der Waals surface area contributed by atoms with E-state index >= 15 is 0 Å². The van der Waals surface area contributed by atoms with Crippen molar-refractivity contribution in [1.82, 2.24) is 5.32 Å². The molecule has 0 aliphatic heterocycles. The van der Waals surface area contributed by atoms with Gasteiger partial charge in [-0.25, -0.2) is 0 Å². The molecule has 1 aliphatic rings. The fraction of sp³-hybridized carbons (Fsp3) is 0.300. The van der Waals surface area contributed by atoms with Crippen LogP contribution in [0.2, 0.25) is 0 Å². The summed E-state index contributed by atoms with van der Waals surface area (Å²) in [5.41, 5.74) is 1.78. The minimum absolute atomic E-state index is 0.336. The summed E-state index contributed by atoms with van der Waals surface area (Å²) in [6.07, 6.45) is 1.84.